The number of hydrogen-bond acceptors (Lipinski definition) is 3. The molecule has 0 saturated carbocycles. The maximum absolute atomic E-state index is 14.0. The van der Waals surface area contributed by atoms with E-state index in [1.54, 1.807) is 0 Å². The third kappa shape index (κ3) is 2.71. The molecule has 0 bridgehead atoms. The van der Waals surface area contributed by atoms with Crippen LogP contribution < -0.4 is 11.3 Å². The summed E-state index contributed by atoms with van der Waals surface area (Å²) in [4.78, 5) is 0. The first-order chi connectivity index (χ1) is 8.65. The molecule has 0 amide bonds. The van der Waals surface area contributed by atoms with E-state index in [0.29, 0.717) is 13.2 Å². The van der Waals surface area contributed by atoms with Crippen LogP contribution in [-0.2, 0) is 4.74 Å². The van der Waals surface area contributed by atoms with Gasteiger partial charge < -0.3 is 4.74 Å². The van der Waals surface area contributed by atoms with Gasteiger partial charge in [0.05, 0.1) is 17.1 Å². The molecule has 1 saturated heterocycles. The molecule has 0 aromatic heterocycles. The summed E-state index contributed by atoms with van der Waals surface area (Å²) in [7, 11) is 0. The lowest BCUT2D eigenvalue weighted by molar-refractivity contribution is 0.0379. The Labute approximate surface area is 113 Å². The zero-order chi connectivity index (χ0) is 13.1. The molecule has 0 aliphatic carbocycles. The number of benzene rings is 1. The Bertz CT molecular complexity index is 425. The minimum Gasteiger partial charge on any atom is -0.381 e. The molecule has 0 radical (unpaired) electrons. The minimum absolute atomic E-state index is 0.0256. The van der Waals surface area contributed by atoms with Crippen LogP contribution in [0.5, 0.6) is 0 Å². The molecule has 1 aromatic carbocycles. The fraction of sp³-hybridized carbons (Fsp3) is 0.500. The summed E-state index contributed by atoms with van der Waals surface area (Å²) in [5, 5.41) is 0. The molecule has 2 rings (SSSR count). The molecule has 1 aliphatic heterocycles. The molecule has 6 heteroatoms. The number of nitrogens with two attached hydrogens (primary N) is 1. The highest BCUT2D eigenvalue weighted by Crippen LogP contribution is 2.33. The molecular formula is C12H15BrF2N2O. The Morgan fingerprint density at radius 1 is 1.44 bits per heavy atom. The Balaban J connectivity index is 2.34. The van der Waals surface area contributed by atoms with Gasteiger partial charge >= 0.3 is 0 Å². The van der Waals surface area contributed by atoms with Gasteiger partial charge in [-0.25, -0.2) is 8.78 Å². The van der Waals surface area contributed by atoms with Crippen LogP contribution in [-0.4, -0.2) is 13.2 Å². The van der Waals surface area contributed by atoms with E-state index in [-0.39, 0.29) is 16.0 Å². The number of hydrogen-bond donors (Lipinski definition) is 2. The first-order valence-electron chi connectivity index (χ1n) is 5.82. The van der Waals surface area contributed by atoms with Gasteiger partial charge in [-0.05, 0) is 40.9 Å². The van der Waals surface area contributed by atoms with Gasteiger partial charge in [0, 0.05) is 18.1 Å². The first kappa shape index (κ1) is 13.9. The maximum Gasteiger partial charge on any atom is 0.145 e. The second-order valence-corrected chi connectivity index (χ2v) is 5.23. The van der Waals surface area contributed by atoms with E-state index in [4.69, 9.17) is 10.6 Å². The fourth-order valence-electron chi connectivity index (χ4n) is 2.31. The summed E-state index contributed by atoms with van der Waals surface area (Å²) in [6.45, 7) is 1.15. The van der Waals surface area contributed by atoms with Crippen LogP contribution in [0.1, 0.15) is 24.4 Å². The summed E-state index contributed by atoms with van der Waals surface area (Å²) >= 11 is 3.06. The van der Waals surface area contributed by atoms with Gasteiger partial charge in [-0.15, -0.1) is 0 Å². The Morgan fingerprint density at radius 2 is 2.22 bits per heavy atom. The third-order valence-corrected chi connectivity index (χ3v) is 3.85. The number of hydrazine groups is 1. The molecule has 0 spiro atoms. The number of ether oxygens (including phenoxy) is 1. The summed E-state index contributed by atoms with van der Waals surface area (Å²) in [6, 6.07) is 2.00. The Kier molecular flexibility index (Phi) is 4.66. The van der Waals surface area contributed by atoms with Crippen molar-refractivity contribution in [3.8, 4) is 0 Å². The van der Waals surface area contributed by atoms with Crippen molar-refractivity contribution in [1.29, 1.82) is 0 Å². The van der Waals surface area contributed by atoms with Crippen LogP contribution >= 0.6 is 15.9 Å². The zero-order valence-electron chi connectivity index (χ0n) is 9.76. The van der Waals surface area contributed by atoms with Crippen LogP contribution in [0, 0.1) is 17.6 Å². The lowest BCUT2D eigenvalue weighted by Crippen LogP contribution is -2.38. The predicted molar refractivity (Wildman–Crippen MR) is 67.7 cm³/mol. The Hall–Kier alpha value is -0.560. The summed E-state index contributed by atoms with van der Waals surface area (Å²) in [5.74, 6) is 4.24. The van der Waals surface area contributed by atoms with Crippen molar-refractivity contribution in [2.45, 2.75) is 18.9 Å². The maximum atomic E-state index is 14.0. The molecule has 3 nitrogen and oxygen atoms in total. The average molecular weight is 321 g/mol. The largest absolute Gasteiger partial charge is 0.381 e. The molecular weight excluding hydrogens is 306 g/mol. The molecule has 1 fully saturated rings. The third-order valence-electron chi connectivity index (χ3n) is 3.24. The lowest BCUT2D eigenvalue weighted by atomic mass is 9.88. The number of rotatable bonds is 3. The second kappa shape index (κ2) is 6.06. The van der Waals surface area contributed by atoms with Gasteiger partial charge in [0.2, 0.25) is 0 Å². The number of halogens is 3. The highest BCUT2D eigenvalue weighted by Gasteiger charge is 2.30. The molecule has 2 unspecified atom stereocenters. The van der Waals surface area contributed by atoms with Crippen molar-refractivity contribution >= 4 is 15.9 Å². The molecule has 100 valence electrons. The van der Waals surface area contributed by atoms with E-state index in [1.165, 1.54) is 12.1 Å². The van der Waals surface area contributed by atoms with E-state index in [1.807, 2.05) is 0 Å². The van der Waals surface area contributed by atoms with Crippen LogP contribution in [0.2, 0.25) is 0 Å². The van der Waals surface area contributed by atoms with Crippen LogP contribution in [0.15, 0.2) is 16.6 Å². The highest BCUT2D eigenvalue weighted by atomic mass is 79.9. The summed E-state index contributed by atoms with van der Waals surface area (Å²) < 4.78 is 33.4. The highest BCUT2D eigenvalue weighted by molar-refractivity contribution is 9.10. The van der Waals surface area contributed by atoms with E-state index < -0.39 is 17.7 Å². The first-order valence-corrected chi connectivity index (χ1v) is 6.61. The van der Waals surface area contributed by atoms with E-state index in [0.717, 1.165) is 12.8 Å². The van der Waals surface area contributed by atoms with Crippen molar-refractivity contribution in [3.63, 3.8) is 0 Å². The van der Waals surface area contributed by atoms with Gasteiger partial charge in [0.15, 0.2) is 0 Å². The van der Waals surface area contributed by atoms with E-state index in [2.05, 4.69) is 21.4 Å². The Morgan fingerprint density at radius 3 is 2.83 bits per heavy atom. The molecule has 2 atom stereocenters. The fourth-order valence-corrected chi connectivity index (χ4v) is 2.66. The standard InChI is InChI=1S/C12H15BrF2N2O/c13-8-3-4-9(14)10(11(8)15)12(17-16)7-2-1-5-18-6-7/h3-4,7,12,17H,1-2,5-6,16H2. The normalized spacial score (nSPS) is 21.9. The van der Waals surface area contributed by atoms with Crippen LogP contribution in [0.25, 0.3) is 0 Å². The van der Waals surface area contributed by atoms with Crippen molar-refractivity contribution in [1.82, 2.24) is 5.43 Å². The van der Waals surface area contributed by atoms with Crippen LogP contribution in [0.4, 0.5) is 8.78 Å². The van der Waals surface area contributed by atoms with Crippen LogP contribution in [0.3, 0.4) is 0 Å². The molecule has 1 heterocycles. The summed E-state index contributed by atoms with van der Waals surface area (Å²) in [6.07, 6.45) is 1.71. The topological polar surface area (TPSA) is 47.3 Å². The van der Waals surface area contributed by atoms with Crippen molar-refractivity contribution in [2.24, 2.45) is 11.8 Å². The monoisotopic (exact) mass is 320 g/mol. The number of nitrogens with one attached hydrogen (secondary N) is 1. The van der Waals surface area contributed by atoms with Gasteiger partial charge in [-0.2, -0.15) is 0 Å². The predicted octanol–water partition coefficient (Wildman–Crippen LogP) is 2.66. The van der Waals surface area contributed by atoms with Gasteiger partial charge in [-0.1, -0.05) is 0 Å². The molecule has 1 aromatic rings. The summed E-state index contributed by atoms with van der Waals surface area (Å²) in [5.41, 5.74) is 2.49. The molecule has 1 aliphatic rings. The quantitative estimate of drug-likeness (QED) is 0.511. The molecule has 3 N–H and O–H groups in total. The van der Waals surface area contributed by atoms with Crippen molar-refractivity contribution < 1.29 is 13.5 Å². The second-order valence-electron chi connectivity index (χ2n) is 4.38. The van der Waals surface area contributed by atoms with Gasteiger partial charge in [0.25, 0.3) is 0 Å². The average Bonchev–Trinajstić information content (AvgIpc) is 2.40. The smallest absolute Gasteiger partial charge is 0.145 e. The van der Waals surface area contributed by atoms with E-state index in [9.17, 15) is 8.78 Å². The van der Waals surface area contributed by atoms with E-state index >= 15 is 0 Å². The van der Waals surface area contributed by atoms with Gasteiger partial charge in [0.1, 0.15) is 11.6 Å². The lowest BCUT2D eigenvalue weighted by Gasteiger charge is -2.30. The van der Waals surface area contributed by atoms with Crippen molar-refractivity contribution in [2.75, 3.05) is 13.2 Å². The minimum atomic E-state index is -0.608. The SMILES string of the molecule is NNC(c1c(F)ccc(Br)c1F)C1CCCOC1. The molecule has 18 heavy (non-hydrogen) atoms. The van der Waals surface area contributed by atoms with Crippen molar-refractivity contribution in [3.05, 3.63) is 33.8 Å². The zero-order valence-corrected chi connectivity index (χ0v) is 11.3. The van der Waals surface area contributed by atoms with Gasteiger partial charge in [-0.3, -0.25) is 11.3 Å².